The quantitative estimate of drug-likeness (QED) is 0.0670. The minimum Gasteiger partial charge on any atom is -0.550 e. The Balaban J connectivity index is 0.000000357. The van der Waals surface area contributed by atoms with E-state index in [0.717, 1.165) is 58.5 Å². The van der Waals surface area contributed by atoms with Gasteiger partial charge in [0.15, 0.2) is 5.78 Å². The molecule has 0 fully saturated rings. The fraction of sp³-hybridized carbons (Fsp3) is 0.333. The molecule has 11 heteroatoms. The van der Waals surface area contributed by atoms with Crippen LogP contribution in [0.4, 0.5) is 8.78 Å². The van der Waals surface area contributed by atoms with Gasteiger partial charge in [-0.15, -0.1) is 0 Å². The van der Waals surface area contributed by atoms with Crippen molar-refractivity contribution < 1.29 is 72.8 Å². The van der Waals surface area contributed by atoms with Crippen LogP contribution in [-0.4, -0.2) is 51.7 Å². The summed E-state index contributed by atoms with van der Waals surface area (Å²) in [6.07, 6.45) is 4.55. The van der Waals surface area contributed by atoms with Gasteiger partial charge < -0.3 is 24.9 Å². The van der Waals surface area contributed by atoms with Crippen molar-refractivity contribution >= 4 is 29.9 Å². The van der Waals surface area contributed by atoms with E-state index in [2.05, 4.69) is 26.0 Å². The molecule has 1 heterocycles. The van der Waals surface area contributed by atoms with Gasteiger partial charge in [-0.3, -0.25) is 9.78 Å². The molecule has 1 aliphatic carbocycles. The zero-order chi connectivity index (χ0) is 40.2. The Labute approximate surface area is 349 Å². The van der Waals surface area contributed by atoms with Gasteiger partial charge in [0.2, 0.25) is 0 Å². The van der Waals surface area contributed by atoms with E-state index in [1.165, 1.54) is 48.0 Å². The number of nitrogens with zero attached hydrogens (tertiary/aromatic N) is 1. The Morgan fingerprint density at radius 3 is 2.12 bits per heavy atom. The van der Waals surface area contributed by atoms with Crippen LogP contribution < -0.4 is 34.7 Å². The Hall–Kier alpha value is -4.32. The van der Waals surface area contributed by atoms with Crippen molar-refractivity contribution in [1.82, 2.24) is 4.98 Å². The maximum absolute atomic E-state index is 13.8. The molecule has 5 rings (SSSR count). The Morgan fingerprint density at radius 1 is 0.911 bits per heavy atom. The largest absolute Gasteiger partial charge is 1.00 e. The minimum absolute atomic E-state index is 0. The van der Waals surface area contributed by atoms with Crippen LogP contribution in [0.3, 0.4) is 0 Å². The summed E-state index contributed by atoms with van der Waals surface area (Å²) >= 11 is 0. The number of aliphatic hydroxyl groups is 2. The van der Waals surface area contributed by atoms with Gasteiger partial charge in [-0.05, 0) is 90.3 Å². The Bertz CT molecular complexity index is 2030. The van der Waals surface area contributed by atoms with Crippen LogP contribution in [0.2, 0.25) is 0 Å². The smallest absolute Gasteiger partial charge is 0.550 e. The number of halogens is 2. The first-order chi connectivity index (χ1) is 26.2. The summed E-state index contributed by atoms with van der Waals surface area (Å²) in [5, 5.41) is 31.2. The van der Waals surface area contributed by atoms with E-state index in [-0.39, 0.29) is 77.4 Å². The number of aryl methyl sites for hydroxylation is 1. The molecule has 0 saturated carbocycles. The number of hydrogen-bond donors (Lipinski definition) is 2. The van der Waals surface area contributed by atoms with Gasteiger partial charge in [0.25, 0.3) is 0 Å². The van der Waals surface area contributed by atoms with E-state index < -0.39 is 30.6 Å². The second-order valence-electron chi connectivity index (χ2n) is 14.0. The maximum atomic E-state index is 13.8. The van der Waals surface area contributed by atoms with E-state index in [1.807, 2.05) is 12.1 Å². The molecule has 0 saturated heterocycles. The van der Waals surface area contributed by atoms with Gasteiger partial charge in [0.1, 0.15) is 17.2 Å². The van der Waals surface area contributed by atoms with Crippen molar-refractivity contribution in [1.29, 1.82) is 0 Å². The van der Waals surface area contributed by atoms with E-state index >= 15 is 0 Å². The van der Waals surface area contributed by atoms with Crippen LogP contribution in [0.5, 0.6) is 0 Å². The molecule has 1 aliphatic rings. The molecule has 0 radical (unpaired) electrons. The van der Waals surface area contributed by atoms with Gasteiger partial charge in [-0.1, -0.05) is 88.4 Å². The second kappa shape index (κ2) is 21.8. The van der Waals surface area contributed by atoms with E-state index in [0.29, 0.717) is 5.56 Å². The van der Waals surface area contributed by atoms with Crippen LogP contribution in [0.25, 0.3) is 34.5 Å². The summed E-state index contributed by atoms with van der Waals surface area (Å²) in [4.78, 5) is 39.7. The third-order valence-electron chi connectivity index (χ3n) is 9.06. The van der Waals surface area contributed by atoms with Crippen LogP contribution in [0.1, 0.15) is 87.7 Å². The van der Waals surface area contributed by atoms with Crippen molar-refractivity contribution in [2.75, 3.05) is 6.61 Å². The first-order valence-electron chi connectivity index (χ1n) is 18.5. The van der Waals surface area contributed by atoms with Crippen LogP contribution in [0, 0.1) is 17.6 Å². The number of carbonyl (C=O) groups excluding carboxylic acids is 3. The molecule has 0 spiro atoms. The topological polar surface area (TPSA) is 137 Å². The number of rotatable bonds is 13. The molecule has 56 heavy (non-hydrogen) atoms. The number of ether oxygens (including phenoxy) is 1. The summed E-state index contributed by atoms with van der Waals surface area (Å²) in [7, 11) is 0. The van der Waals surface area contributed by atoms with Crippen molar-refractivity contribution in [2.45, 2.75) is 84.8 Å². The molecule has 0 amide bonds. The third-order valence-corrected chi connectivity index (χ3v) is 9.06. The molecule has 2 atom stereocenters. The van der Waals surface area contributed by atoms with Crippen LogP contribution >= 0.6 is 0 Å². The molecule has 2 N–H and O–H groups in total. The molecule has 8 nitrogen and oxygen atoms in total. The number of Topliss-reactive ketones (excluding diaryl/α,β-unsaturated/α-hetero) is 1. The predicted octanol–water partition coefficient (Wildman–Crippen LogP) is 4.43. The first kappa shape index (κ1) is 46.1. The van der Waals surface area contributed by atoms with Crippen molar-refractivity contribution in [3.8, 4) is 22.4 Å². The average molecular weight is 776 g/mol. The number of aromatic nitrogens is 1. The number of fused-ring (bicyclic) bond motifs is 3. The molecular weight excluding hydrogens is 727 g/mol. The molecule has 3 aromatic carbocycles. The van der Waals surface area contributed by atoms with Gasteiger partial charge in [-0.25, -0.2) is 13.6 Å². The number of carbonyl (C=O) groups is 3. The number of pyridine rings is 1. The van der Waals surface area contributed by atoms with Crippen molar-refractivity contribution in [3.05, 3.63) is 124 Å². The summed E-state index contributed by atoms with van der Waals surface area (Å²) in [5.74, 6) is -3.24. The fourth-order valence-corrected chi connectivity index (χ4v) is 6.42. The zero-order valence-corrected chi connectivity index (χ0v) is 34.9. The Kier molecular flexibility index (Phi) is 18.0. The van der Waals surface area contributed by atoms with E-state index in [9.17, 15) is 38.5 Å². The number of esters is 1. The summed E-state index contributed by atoms with van der Waals surface area (Å²) in [6.45, 7) is 9.41. The SMILES string of the molecule is CC(C)c1nc2c(c(-c3ccc(F)cc3)c1/C=C/[C@@H](O)C[C@@H](O)CC(=O)[O-])CCCc1ccccc1-2.CCOC(=O)C(=Cc1ccc(F)cc1)C(=O)C(C)C.[Na+]. The molecule has 0 unspecified atom stereocenters. The number of benzene rings is 3. The monoisotopic (exact) mass is 775 g/mol. The van der Waals surface area contributed by atoms with Gasteiger partial charge in [-0.2, -0.15) is 0 Å². The van der Waals surface area contributed by atoms with Crippen LogP contribution in [0.15, 0.2) is 84.4 Å². The number of ketones is 1. The normalized spacial score (nSPS) is 13.4. The number of carboxylic acid groups (broad SMARTS) is 1. The number of aliphatic carboxylic acids is 1. The average Bonchev–Trinajstić information content (AvgIpc) is 3.32. The molecule has 4 aromatic rings. The van der Waals surface area contributed by atoms with Gasteiger partial charge >= 0.3 is 35.5 Å². The molecule has 290 valence electrons. The maximum Gasteiger partial charge on any atom is 1.00 e. The van der Waals surface area contributed by atoms with Crippen molar-refractivity contribution in [3.63, 3.8) is 0 Å². The summed E-state index contributed by atoms with van der Waals surface area (Å²) in [6, 6.07) is 20.3. The predicted molar refractivity (Wildman–Crippen MR) is 207 cm³/mol. The zero-order valence-electron chi connectivity index (χ0n) is 32.9. The number of carboxylic acids is 1. The fourth-order valence-electron chi connectivity index (χ4n) is 6.42. The first-order valence-corrected chi connectivity index (χ1v) is 18.5. The standard InChI is InChI=1S/C30H32FNO4.C15H17FO3.Na/c1-18(2)29-26(15-14-22(33)16-23(34)17-27(35)36)28(20-10-12-21(31)13-11-20)25-9-5-7-19-6-3-4-8-24(19)30(25)32-29;1-4-19-15(18)13(14(17)10(2)3)9-11-5-7-12(16)8-6-11;/h3-4,6,8,10-15,18,22-23,33-34H,5,7,9,16-17H2,1-2H3,(H,35,36);5-10H,4H2,1-3H3;/q;;+1/p-1/b15-14+;;/t22-,23-;;/m1../s1. The molecule has 1 aromatic heterocycles. The van der Waals surface area contributed by atoms with Crippen molar-refractivity contribution in [2.24, 2.45) is 5.92 Å². The minimum atomic E-state index is -1.37. The summed E-state index contributed by atoms with van der Waals surface area (Å²) in [5.41, 5.74) is 8.46. The molecule has 0 aliphatic heterocycles. The number of aliphatic hydroxyl groups excluding tert-OH is 2. The van der Waals surface area contributed by atoms with Gasteiger partial charge in [0, 0.05) is 35.9 Å². The third kappa shape index (κ3) is 12.6. The molecular formula is C45H48F2NNaO7. The van der Waals surface area contributed by atoms with Gasteiger partial charge in [0.05, 0.1) is 30.2 Å². The summed E-state index contributed by atoms with van der Waals surface area (Å²) < 4.78 is 31.5. The number of hydrogen-bond acceptors (Lipinski definition) is 8. The van der Waals surface area contributed by atoms with Crippen LogP contribution in [-0.2, 0) is 32.0 Å². The second-order valence-corrected chi connectivity index (χ2v) is 14.0. The van der Waals surface area contributed by atoms with E-state index in [1.54, 1.807) is 45.1 Å². The Morgan fingerprint density at radius 2 is 1.54 bits per heavy atom. The molecule has 0 bridgehead atoms. The van der Waals surface area contributed by atoms with E-state index in [4.69, 9.17) is 9.72 Å².